The first-order chi connectivity index (χ1) is 14.1. The SMILES string of the molecule is O=C(Nc1ccc(F)c(Cl)c1)c1ccc(F)c(S(=O)(=O)N2CC(O)CCC(F)C2)c1. The van der Waals surface area contributed by atoms with Gasteiger partial charge in [-0.05, 0) is 49.2 Å². The largest absolute Gasteiger partial charge is 0.392 e. The Balaban J connectivity index is 1.90. The minimum Gasteiger partial charge on any atom is -0.392 e. The highest BCUT2D eigenvalue weighted by Gasteiger charge is 2.34. The fourth-order valence-corrected chi connectivity index (χ4v) is 4.82. The van der Waals surface area contributed by atoms with Crippen molar-refractivity contribution in [3.05, 3.63) is 58.6 Å². The van der Waals surface area contributed by atoms with Gasteiger partial charge in [0.05, 0.1) is 11.1 Å². The Labute approximate surface area is 176 Å². The number of rotatable bonds is 4. The van der Waals surface area contributed by atoms with E-state index in [1.807, 2.05) is 0 Å². The van der Waals surface area contributed by atoms with Gasteiger partial charge in [0.1, 0.15) is 22.7 Å². The summed E-state index contributed by atoms with van der Waals surface area (Å²) in [5, 5.41) is 12.0. The van der Waals surface area contributed by atoms with Gasteiger partial charge >= 0.3 is 0 Å². The number of carbonyl (C=O) groups excluding carboxylic acids is 1. The zero-order valence-corrected chi connectivity index (χ0v) is 17.1. The lowest BCUT2D eigenvalue weighted by Crippen LogP contribution is -2.38. The molecule has 2 unspecified atom stereocenters. The number of β-amino-alcohol motifs (C(OH)–C–C–N with tert-alkyl or cyclic N) is 1. The van der Waals surface area contributed by atoms with E-state index in [0.29, 0.717) is 4.31 Å². The molecule has 1 amide bonds. The highest BCUT2D eigenvalue weighted by atomic mass is 35.5. The van der Waals surface area contributed by atoms with Crippen molar-refractivity contribution in [3.8, 4) is 0 Å². The number of nitrogens with one attached hydrogen (secondary N) is 1. The van der Waals surface area contributed by atoms with Crippen LogP contribution < -0.4 is 5.32 Å². The van der Waals surface area contributed by atoms with Crippen molar-refractivity contribution in [2.75, 3.05) is 18.4 Å². The lowest BCUT2D eigenvalue weighted by molar-refractivity contribution is 0.102. The van der Waals surface area contributed by atoms with Crippen LogP contribution in [0.1, 0.15) is 23.2 Å². The minimum absolute atomic E-state index is 0.0155. The maximum absolute atomic E-state index is 14.4. The molecule has 1 heterocycles. The zero-order valence-electron chi connectivity index (χ0n) is 15.5. The predicted molar refractivity (Wildman–Crippen MR) is 105 cm³/mol. The molecule has 11 heteroatoms. The quantitative estimate of drug-likeness (QED) is 0.729. The molecule has 1 aliphatic rings. The molecule has 162 valence electrons. The summed E-state index contributed by atoms with van der Waals surface area (Å²) in [5.74, 6) is -2.59. The molecule has 30 heavy (non-hydrogen) atoms. The van der Waals surface area contributed by atoms with Gasteiger partial charge in [-0.1, -0.05) is 11.6 Å². The molecule has 2 aromatic carbocycles. The van der Waals surface area contributed by atoms with Gasteiger partial charge in [0.15, 0.2) is 0 Å². The summed E-state index contributed by atoms with van der Waals surface area (Å²) in [4.78, 5) is 11.6. The van der Waals surface area contributed by atoms with Crippen molar-refractivity contribution in [2.45, 2.75) is 30.0 Å². The van der Waals surface area contributed by atoms with Gasteiger partial charge in [0, 0.05) is 24.3 Å². The number of nitrogens with zero attached hydrogens (tertiary/aromatic N) is 1. The number of aliphatic hydroxyl groups is 1. The fourth-order valence-electron chi connectivity index (χ4n) is 3.04. The van der Waals surface area contributed by atoms with Crippen LogP contribution in [0.25, 0.3) is 0 Å². The van der Waals surface area contributed by atoms with E-state index in [9.17, 15) is 31.5 Å². The van der Waals surface area contributed by atoms with Gasteiger partial charge in [-0.15, -0.1) is 0 Å². The van der Waals surface area contributed by atoms with E-state index in [4.69, 9.17) is 11.6 Å². The lowest BCUT2D eigenvalue weighted by atomic mass is 10.2. The Morgan fingerprint density at radius 3 is 2.50 bits per heavy atom. The standard InChI is InChI=1S/C19H18ClF3N2O4S/c20-15-8-13(3-6-16(15)22)24-19(27)11-1-5-17(23)18(7-11)30(28,29)25-9-12(21)2-4-14(26)10-25/h1,3,5-8,12,14,26H,2,4,9-10H2,(H,24,27). The molecule has 2 atom stereocenters. The summed E-state index contributed by atoms with van der Waals surface area (Å²) in [6.45, 7) is -0.907. The molecule has 0 spiro atoms. The number of anilines is 1. The molecule has 0 bridgehead atoms. The Kier molecular flexibility index (Phi) is 6.71. The third-order valence-electron chi connectivity index (χ3n) is 4.62. The van der Waals surface area contributed by atoms with Gasteiger partial charge in [0.25, 0.3) is 5.91 Å². The molecule has 0 aliphatic carbocycles. The number of benzene rings is 2. The monoisotopic (exact) mass is 462 g/mol. The highest BCUT2D eigenvalue weighted by molar-refractivity contribution is 7.89. The van der Waals surface area contributed by atoms with E-state index in [-0.39, 0.29) is 35.7 Å². The summed E-state index contributed by atoms with van der Waals surface area (Å²) in [5.41, 5.74) is -0.0429. The first kappa shape index (κ1) is 22.5. The minimum atomic E-state index is -4.52. The van der Waals surface area contributed by atoms with Crippen LogP contribution in [0.3, 0.4) is 0 Å². The second-order valence-corrected chi connectivity index (χ2v) is 9.19. The van der Waals surface area contributed by atoms with Crippen LogP contribution in [0.2, 0.25) is 5.02 Å². The molecular weight excluding hydrogens is 445 g/mol. The highest BCUT2D eigenvalue weighted by Crippen LogP contribution is 2.26. The molecule has 0 saturated carbocycles. The molecule has 2 N–H and O–H groups in total. The summed E-state index contributed by atoms with van der Waals surface area (Å²) in [7, 11) is -4.52. The molecule has 1 fully saturated rings. The lowest BCUT2D eigenvalue weighted by Gasteiger charge is -2.23. The van der Waals surface area contributed by atoms with E-state index in [1.165, 1.54) is 6.07 Å². The van der Waals surface area contributed by atoms with Crippen molar-refractivity contribution < 1.29 is 31.5 Å². The molecule has 3 rings (SSSR count). The summed E-state index contributed by atoms with van der Waals surface area (Å²) >= 11 is 5.66. The molecule has 0 aromatic heterocycles. The second kappa shape index (κ2) is 8.93. The van der Waals surface area contributed by atoms with Gasteiger partial charge in [-0.25, -0.2) is 21.6 Å². The van der Waals surface area contributed by atoms with Crippen molar-refractivity contribution in [1.29, 1.82) is 0 Å². The van der Waals surface area contributed by atoms with Crippen LogP contribution in [0.5, 0.6) is 0 Å². The van der Waals surface area contributed by atoms with Crippen molar-refractivity contribution in [2.24, 2.45) is 0 Å². The van der Waals surface area contributed by atoms with Crippen LogP contribution >= 0.6 is 11.6 Å². The Morgan fingerprint density at radius 1 is 1.10 bits per heavy atom. The zero-order chi connectivity index (χ0) is 22.1. The average Bonchev–Trinajstić information content (AvgIpc) is 2.86. The Morgan fingerprint density at radius 2 is 1.80 bits per heavy atom. The number of halogens is 4. The number of hydrogen-bond donors (Lipinski definition) is 2. The number of aliphatic hydroxyl groups excluding tert-OH is 1. The molecule has 0 radical (unpaired) electrons. The predicted octanol–water partition coefficient (Wildman–Crippen LogP) is 3.35. The topological polar surface area (TPSA) is 86.7 Å². The van der Waals surface area contributed by atoms with Gasteiger partial charge < -0.3 is 10.4 Å². The summed E-state index contributed by atoms with van der Waals surface area (Å²) < 4.78 is 68.0. The van der Waals surface area contributed by atoms with E-state index in [0.717, 1.165) is 30.3 Å². The van der Waals surface area contributed by atoms with E-state index < -0.39 is 51.3 Å². The number of amides is 1. The van der Waals surface area contributed by atoms with Gasteiger partial charge in [-0.3, -0.25) is 4.79 Å². The first-order valence-corrected chi connectivity index (χ1v) is 10.8. The normalized spacial score (nSPS) is 20.6. The summed E-state index contributed by atoms with van der Waals surface area (Å²) in [6.07, 6.45) is -2.52. The maximum Gasteiger partial charge on any atom is 0.255 e. The van der Waals surface area contributed by atoms with Gasteiger partial charge in [-0.2, -0.15) is 4.31 Å². The van der Waals surface area contributed by atoms with Crippen LogP contribution in [0, 0.1) is 11.6 Å². The van der Waals surface area contributed by atoms with E-state index >= 15 is 0 Å². The number of hydrogen-bond acceptors (Lipinski definition) is 4. The summed E-state index contributed by atoms with van der Waals surface area (Å²) in [6, 6.07) is 6.16. The van der Waals surface area contributed by atoms with Crippen LogP contribution in [-0.2, 0) is 10.0 Å². The average molecular weight is 463 g/mol. The van der Waals surface area contributed by atoms with E-state index in [1.54, 1.807) is 0 Å². The van der Waals surface area contributed by atoms with Crippen molar-refractivity contribution in [1.82, 2.24) is 4.31 Å². The second-order valence-electron chi connectivity index (χ2n) is 6.88. The Hall–Kier alpha value is -2.14. The van der Waals surface area contributed by atoms with Crippen LogP contribution in [-0.4, -0.2) is 49.1 Å². The van der Waals surface area contributed by atoms with Crippen molar-refractivity contribution >= 4 is 33.2 Å². The maximum atomic E-state index is 14.4. The molecular formula is C19H18ClF3N2O4S. The molecule has 1 aliphatic heterocycles. The molecule has 2 aromatic rings. The number of sulfonamides is 1. The Bertz CT molecular complexity index is 1060. The van der Waals surface area contributed by atoms with E-state index in [2.05, 4.69) is 5.32 Å². The number of carbonyl (C=O) groups is 1. The molecule has 6 nitrogen and oxygen atoms in total. The third kappa shape index (κ3) is 4.94. The fraction of sp³-hybridized carbons (Fsp3) is 0.316. The smallest absolute Gasteiger partial charge is 0.255 e. The first-order valence-electron chi connectivity index (χ1n) is 8.96. The third-order valence-corrected chi connectivity index (χ3v) is 6.75. The van der Waals surface area contributed by atoms with Crippen LogP contribution in [0.15, 0.2) is 41.3 Å². The number of alkyl halides is 1. The molecule has 1 saturated heterocycles. The van der Waals surface area contributed by atoms with Crippen LogP contribution in [0.4, 0.5) is 18.9 Å². The van der Waals surface area contributed by atoms with Gasteiger partial charge in [0.2, 0.25) is 10.0 Å². The van der Waals surface area contributed by atoms with Crippen molar-refractivity contribution in [3.63, 3.8) is 0 Å².